The molecule has 1 amide bonds. The maximum Gasteiger partial charge on any atom is 0.223 e. The van der Waals surface area contributed by atoms with Crippen molar-refractivity contribution < 1.29 is 9.21 Å². The molecule has 0 bridgehead atoms. The zero-order chi connectivity index (χ0) is 12.7. The molecule has 4 heteroatoms. The van der Waals surface area contributed by atoms with Gasteiger partial charge < -0.3 is 15.5 Å². The van der Waals surface area contributed by atoms with Crippen LogP contribution in [0.4, 0.5) is 0 Å². The number of carbonyl (C=O) groups excluding carboxylic acids is 1. The van der Waals surface area contributed by atoms with E-state index < -0.39 is 0 Å². The van der Waals surface area contributed by atoms with Gasteiger partial charge in [-0.05, 0) is 25.8 Å². The SMILES string of the molecule is CC(N)CCCC(C)C(=O)NCc1ccoc1. The molecule has 0 aliphatic rings. The van der Waals surface area contributed by atoms with Gasteiger partial charge in [-0.15, -0.1) is 0 Å². The van der Waals surface area contributed by atoms with Crippen molar-refractivity contribution in [3.05, 3.63) is 24.2 Å². The van der Waals surface area contributed by atoms with Gasteiger partial charge in [-0.3, -0.25) is 4.79 Å². The minimum absolute atomic E-state index is 0.0423. The third kappa shape index (κ3) is 5.54. The van der Waals surface area contributed by atoms with E-state index in [4.69, 9.17) is 10.2 Å². The van der Waals surface area contributed by atoms with Crippen molar-refractivity contribution in [2.75, 3.05) is 0 Å². The molecule has 4 nitrogen and oxygen atoms in total. The third-order valence-corrected chi connectivity index (χ3v) is 2.79. The van der Waals surface area contributed by atoms with Gasteiger partial charge in [0.2, 0.25) is 5.91 Å². The van der Waals surface area contributed by atoms with Gasteiger partial charge in [-0.2, -0.15) is 0 Å². The summed E-state index contributed by atoms with van der Waals surface area (Å²) in [7, 11) is 0. The Morgan fingerprint density at radius 1 is 1.47 bits per heavy atom. The molecule has 96 valence electrons. The number of carbonyl (C=O) groups is 1. The van der Waals surface area contributed by atoms with Crippen molar-refractivity contribution in [1.82, 2.24) is 5.32 Å². The van der Waals surface area contributed by atoms with E-state index >= 15 is 0 Å². The van der Waals surface area contributed by atoms with E-state index in [9.17, 15) is 4.79 Å². The first-order chi connectivity index (χ1) is 8.09. The van der Waals surface area contributed by atoms with Crippen molar-refractivity contribution in [2.24, 2.45) is 11.7 Å². The first kappa shape index (κ1) is 13.8. The summed E-state index contributed by atoms with van der Waals surface area (Å²) >= 11 is 0. The number of furan rings is 1. The molecule has 0 saturated carbocycles. The Bertz CT molecular complexity index is 320. The predicted molar refractivity (Wildman–Crippen MR) is 67.2 cm³/mol. The lowest BCUT2D eigenvalue weighted by atomic mass is 10.0. The molecule has 0 spiro atoms. The van der Waals surface area contributed by atoms with Gasteiger partial charge >= 0.3 is 0 Å². The van der Waals surface area contributed by atoms with Crippen molar-refractivity contribution in [3.8, 4) is 0 Å². The average molecular weight is 238 g/mol. The summed E-state index contributed by atoms with van der Waals surface area (Å²) in [6.45, 7) is 4.47. The van der Waals surface area contributed by atoms with Crippen molar-refractivity contribution in [2.45, 2.75) is 45.7 Å². The molecule has 1 aromatic heterocycles. The van der Waals surface area contributed by atoms with E-state index in [-0.39, 0.29) is 17.9 Å². The maximum atomic E-state index is 11.7. The Hall–Kier alpha value is -1.29. The highest BCUT2D eigenvalue weighted by molar-refractivity contribution is 5.78. The first-order valence-electron chi connectivity index (χ1n) is 6.14. The lowest BCUT2D eigenvalue weighted by molar-refractivity contribution is -0.124. The Kier molecular flexibility index (Phi) is 5.77. The highest BCUT2D eigenvalue weighted by Crippen LogP contribution is 2.09. The number of nitrogens with two attached hydrogens (primary N) is 1. The van der Waals surface area contributed by atoms with Gasteiger partial charge in [0.05, 0.1) is 12.5 Å². The second kappa shape index (κ2) is 7.12. The van der Waals surface area contributed by atoms with E-state index in [0.29, 0.717) is 6.54 Å². The molecule has 3 N–H and O–H groups in total. The predicted octanol–water partition coefficient (Wildman–Crippen LogP) is 2.05. The van der Waals surface area contributed by atoms with Crippen LogP contribution in [0, 0.1) is 5.92 Å². The average Bonchev–Trinajstić information content (AvgIpc) is 2.78. The molecule has 0 aliphatic heterocycles. The third-order valence-electron chi connectivity index (χ3n) is 2.79. The molecule has 0 aromatic carbocycles. The summed E-state index contributed by atoms with van der Waals surface area (Å²) in [5.41, 5.74) is 6.65. The lowest BCUT2D eigenvalue weighted by Crippen LogP contribution is -2.28. The number of rotatable bonds is 7. The number of hydrogen-bond donors (Lipinski definition) is 2. The summed E-state index contributed by atoms with van der Waals surface area (Å²) in [5, 5.41) is 2.89. The topological polar surface area (TPSA) is 68.3 Å². The van der Waals surface area contributed by atoms with Gasteiger partial charge in [0.1, 0.15) is 0 Å². The maximum absolute atomic E-state index is 11.7. The zero-order valence-corrected chi connectivity index (χ0v) is 10.6. The smallest absolute Gasteiger partial charge is 0.223 e. The van der Waals surface area contributed by atoms with Crippen LogP contribution in [0.3, 0.4) is 0 Å². The standard InChI is InChI=1S/C13H22N2O2/c1-10(4-3-5-11(2)14)13(16)15-8-12-6-7-17-9-12/h6-7,9-11H,3-5,8,14H2,1-2H3,(H,15,16). The van der Waals surface area contributed by atoms with E-state index in [1.807, 2.05) is 19.9 Å². The largest absolute Gasteiger partial charge is 0.472 e. The fourth-order valence-corrected chi connectivity index (χ4v) is 1.63. The molecule has 17 heavy (non-hydrogen) atoms. The molecule has 0 saturated heterocycles. The Morgan fingerprint density at radius 3 is 2.82 bits per heavy atom. The van der Waals surface area contributed by atoms with Crippen LogP contribution in [-0.4, -0.2) is 11.9 Å². The Labute approximate surface area is 103 Å². The minimum atomic E-state index is 0.0423. The van der Waals surface area contributed by atoms with E-state index in [0.717, 1.165) is 24.8 Å². The highest BCUT2D eigenvalue weighted by Gasteiger charge is 2.12. The minimum Gasteiger partial charge on any atom is -0.472 e. The summed E-state index contributed by atoms with van der Waals surface area (Å²) in [5.74, 6) is 0.136. The number of nitrogens with one attached hydrogen (secondary N) is 1. The van der Waals surface area contributed by atoms with E-state index in [1.165, 1.54) is 0 Å². The number of amides is 1. The second-order valence-corrected chi connectivity index (χ2v) is 4.66. The van der Waals surface area contributed by atoms with E-state index in [1.54, 1.807) is 12.5 Å². The summed E-state index contributed by atoms with van der Waals surface area (Å²) in [4.78, 5) is 11.7. The first-order valence-corrected chi connectivity index (χ1v) is 6.14. The summed E-state index contributed by atoms with van der Waals surface area (Å²) in [6, 6.07) is 2.07. The molecule has 2 atom stereocenters. The van der Waals surface area contributed by atoms with Crippen LogP contribution in [0.2, 0.25) is 0 Å². The van der Waals surface area contributed by atoms with Gasteiger partial charge in [0.25, 0.3) is 0 Å². The molecule has 0 aliphatic carbocycles. The monoisotopic (exact) mass is 238 g/mol. The molecular formula is C13H22N2O2. The molecule has 1 rings (SSSR count). The van der Waals surface area contributed by atoms with Gasteiger partial charge in [-0.25, -0.2) is 0 Å². The van der Waals surface area contributed by atoms with Crippen LogP contribution in [0.25, 0.3) is 0 Å². The Balaban J connectivity index is 2.18. The second-order valence-electron chi connectivity index (χ2n) is 4.66. The number of hydrogen-bond acceptors (Lipinski definition) is 3. The lowest BCUT2D eigenvalue weighted by Gasteiger charge is -2.12. The van der Waals surface area contributed by atoms with Crippen LogP contribution in [0.15, 0.2) is 23.0 Å². The molecular weight excluding hydrogens is 216 g/mol. The molecule has 2 unspecified atom stereocenters. The van der Waals surface area contributed by atoms with Crippen LogP contribution in [-0.2, 0) is 11.3 Å². The fraction of sp³-hybridized carbons (Fsp3) is 0.615. The zero-order valence-electron chi connectivity index (χ0n) is 10.6. The van der Waals surface area contributed by atoms with Gasteiger partial charge in [0, 0.05) is 24.1 Å². The van der Waals surface area contributed by atoms with Crippen LogP contribution < -0.4 is 11.1 Å². The van der Waals surface area contributed by atoms with Crippen molar-refractivity contribution in [1.29, 1.82) is 0 Å². The summed E-state index contributed by atoms with van der Waals surface area (Å²) < 4.78 is 4.93. The van der Waals surface area contributed by atoms with E-state index in [2.05, 4.69) is 5.32 Å². The summed E-state index contributed by atoms with van der Waals surface area (Å²) in [6.07, 6.45) is 6.10. The van der Waals surface area contributed by atoms with Gasteiger partial charge in [-0.1, -0.05) is 13.3 Å². The van der Waals surface area contributed by atoms with Crippen LogP contribution in [0.5, 0.6) is 0 Å². The molecule has 0 radical (unpaired) electrons. The Morgan fingerprint density at radius 2 is 2.24 bits per heavy atom. The fourth-order valence-electron chi connectivity index (χ4n) is 1.63. The highest BCUT2D eigenvalue weighted by atomic mass is 16.3. The van der Waals surface area contributed by atoms with Gasteiger partial charge in [0.15, 0.2) is 0 Å². The van der Waals surface area contributed by atoms with Crippen molar-refractivity contribution >= 4 is 5.91 Å². The van der Waals surface area contributed by atoms with Crippen LogP contribution >= 0.6 is 0 Å². The molecule has 0 fully saturated rings. The molecule has 1 heterocycles. The van der Waals surface area contributed by atoms with Crippen molar-refractivity contribution in [3.63, 3.8) is 0 Å². The normalized spacial score (nSPS) is 14.3. The van der Waals surface area contributed by atoms with Crippen LogP contribution in [0.1, 0.15) is 38.7 Å². The molecule has 1 aromatic rings. The quantitative estimate of drug-likeness (QED) is 0.764.